The highest BCUT2D eigenvalue weighted by atomic mass is 16.5. The fourth-order valence-electron chi connectivity index (χ4n) is 3.23. The van der Waals surface area contributed by atoms with Crippen molar-refractivity contribution in [3.63, 3.8) is 0 Å². The number of ether oxygens (including phenoxy) is 2. The van der Waals surface area contributed by atoms with Crippen LogP contribution in [0.15, 0.2) is 42.5 Å². The predicted octanol–water partition coefficient (Wildman–Crippen LogP) is 3.04. The number of carbonyl (C=O) groups excluding carboxylic acids is 2. The standard InChI is InChI=1S/C21H25N3O4/c1-27-18-13-17(24-21(26)14-7-4-3-5-8-14)19(28-2)12-16(18)23-20(25)11-15-9-6-10-22-15/h3-5,7-8,12-13,15,22H,6,9-11H2,1-2H3,(H,23,25)(H,24,26). The van der Waals surface area contributed by atoms with E-state index < -0.39 is 0 Å². The Hall–Kier alpha value is -3.06. The number of rotatable bonds is 7. The summed E-state index contributed by atoms with van der Waals surface area (Å²) in [6.45, 7) is 0.949. The third-order valence-corrected chi connectivity index (χ3v) is 4.67. The van der Waals surface area contributed by atoms with Crippen molar-refractivity contribution in [2.75, 3.05) is 31.4 Å². The molecule has 0 spiro atoms. The maximum absolute atomic E-state index is 12.5. The molecule has 0 saturated carbocycles. The van der Waals surface area contributed by atoms with Gasteiger partial charge in [-0.25, -0.2) is 0 Å². The Morgan fingerprint density at radius 1 is 1.04 bits per heavy atom. The van der Waals surface area contributed by atoms with Crippen LogP contribution >= 0.6 is 0 Å². The molecule has 28 heavy (non-hydrogen) atoms. The molecular weight excluding hydrogens is 358 g/mol. The Labute approximate surface area is 164 Å². The lowest BCUT2D eigenvalue weighted by atomic mass is 10.1. The lowest BCUT2D eigenvalue weighted by Crippen LogP contribution is -2.27. The third-order valence-electron chi connectivity index (χ3n) is 4.67. The number of carbonyl (C=O) groups is 2. The second-order valence-electron chi connectivity index (χ2n) is 6.62. The summed E-state index contributed by atoms with van der Waals surface area (Å²) in [5.74, 6) is 0.516. The highest BCUT2D eigenvalue weighted by Crippen LogP contribution is 2.36. The predicted molar refractivity (Wildman–Crippen MR) is 108 cm³/mol. The van der Waals surface area contributed by atoms with Gasteiger partial charge in [-0.05, 0) is 31.5 Å². The van der Waals surface area contributed by atoms with Crippen molar-refractivity contribution in [3.05, 3.63) is 48.0 Å². The van der Waals surface area contributed by atoms with Gasteiger partial charge < -0.3 is 25.4 Å². The Morgan fingerprint density at radius 2 is 1.68 bits per heavy atom. The van der Waals surface area contributed by atoms with Crippen molar-refractivity contribution in [1.82, 2.24) is 5.32 Å². The highest BCUT2D eigenvalue weighted by Gasteiger charge is 2.20. The Morgan fingerprint density at radius 3 is 2.25 bits per heavy atom. The van der Waals surface area contributed by atoms with E-state index in [0.717, 1.165) is 19.4 Å². The van der Waals surface area contributed by atoms with Gasteiger partial charge in [0.05, 0.1) is 25.6 Å². The highest BCUT2D eigenvalue weighted by molar-refractivity contribution is 6.05. The van der Waals surface area contributed by atoms with Gasteiger partial charge in [-0.15, -0.1) is 0 Å². The van der Waals surface area contributed by atoms with E-state index in [-0.39, 0.29) is 17.9 Å². The molecule has 0 aliphatic carbocycles. The van der Waals surface area contributed by atoms with Gasteiger partial charge in [0.15, 0.2) is 0 Å². The minimum absolute atomic E-state index is 0.0965. The molecule has 3 N–H and O–H groups in total. The fraction of sp³-hybridized carbons (Fsp3) is 0.333. The molecule has 2 aromatic carbocycles. The van der Waals surface area contributed by atoms with Crippen molar-refractivity contribution in [2.24, 2.45) is 0 Å². The first-order valence-electron chi connectivity index (χ1n) is 9.26. The molecule has 1 atom stereocenters. The van der Waals surface area contributed by atoms with Gasteiger partial charge in [-0.1, -0.05) is 18.2 Å². The van der Waals surface area contributed by atoms with E-state index in [1.165, 1.54) is 14.2 Å². The molecular formula is C21H25N3O4. The number of benzene rings is 2. The molecule has 3 rings (SSSR count). The first-order chi connectivity index (χ1) is 13.6. The molecule has 7 nitrogen and oxygen atoms in total. The van der Waals surface area contributed by atoms with E-state index in [4.69, 9.17) is 9.47 Å². The van der Waals surface area contributed by atoms with Crippen LogP contribution in [-0.4, -0.2) is 38.6 Å². The van der Waals surface area contributed by atoms with Gasteiger partial charge in [0, 0.05) is 30.2 Å². The Kier molecular flexibility index (Phi) is 6.49. The number of nitrogens with one attached hydrogen (secondary N) is 3. The summed E-state index contributed by atoms with van der Waals surface area (Å²) in [5.41, 5.74) is 1.49. The summed E-state index contributed by atoms with van der Waals surface area (Å²) in [7, 11) is 3.02. The van der Waals surface area contributed by atoms with Crippen molar-refractivity contribution >= 4 is 23.2 Å². The number of amides is 2. The van der Waals surface area contributed by atoms with Crippen LogP contribution in [0.1, 0.15) is 29.6 Å². The summed E-state index contributed by atoms with van der Waals surface area (Å²) in [5, 5.41) is 9.01. The van der Waals surface area contributed by atoms with Gasteiger partial charge in [0.25, 0.3) is 5.91 Å². The van der Waals surface area contributed by atoms with Crippen LogP contribution in [-0.2, 0) is 4.79 Å². The molecule has 1 saturated heterocycles. The minimum atomic E-state index is -0.259. The molecule has 7 heteroatoms. The average Bonchev–Trinajstić information content (AvgIpc) is 3.22. The maximum Gasteiger partial charge on any atom is 0.255 e. The summed E-state index contributed by atoms with van der Waals surface area (Å²) >= 11 is 0. The molecule has 1 fully saturated rings. The molecule has 0 bridgehead atoms. The largest absolute Gasteiger partial charge is 0.494 e. The Bertz CT molecular complexity index is 833. The van der Waals surface area contributed by atoms with Gasteiger partial charge in [0.2, 0.25) is 5.91 Å². The van der Waals surface area contributed by atoms with E-state index >= 15 is 0 Å². The maximum atomic E-state index is 12.5. The van der Waals surface area contributed by atoms with Gasteiger partial charge in [-0.2, -0.15) is 0 Å². The third kappa shape index (κ3) is 4.80. The van der Waals surface area contributed by atoms with Crippen molar-refractivity contribution in [3.8, 4) is 11.5 Å². The number of hydrogen-bond acceptors (Lipinski definition) is 5. The minimum Gasteiger partial charge on any atom is -0.494 e. The second kappa shape index (κ2) is 9.23. The summed E-state index contributed by atoms with van der Waals surface area (Å²) in [4.78, 5) is 24.8. The van der Waals surface area contributed by atoms with Crippen LogP contribution in [0, 0.1) is 0 Å². The second-order valence-corrected chi connectivity index (χ2v) is 6.62. The molecule has 1 unspecified atom stereocenters. The van der Waals surface area contributed by atoms with Crippen LogP contribution < -0.4 is 25.4 Å². The zero-order valence-corrected chi connectivity index (χ0v) is 16.1. The number of anilines is 2. The van der Waals surface area contributed by atoms with Crippen LogP contribution in [0.5, 0.6) is 11.5 Å². The van der Waals surface area contributed by atoms with E-state index in [1.807, 2.05) is 6.07 Å². The molecule has 1 heterocycles. The smallest absolute Gasteiger partial charge is 0.255 e. The summed E-state index contributed by atoms with van der Waals surface area (Å²) < 4.78 is 10.8. The first kappa shape index (κ1) is 19.7. The summed E-state index contributed by atoms with van der Waals surface area (Å²) in [6, 6.07) is 12.4. The molecule has 0 aromatic heterocycles. The molecule has 2 amide bonds. The van der Waals surface area contributed by atoms with E-state index in [9.17, 15) is 9.59 Å². The number of hydrogen-bond donors (Lipinski definition) is 3. The van der Waals surface area contributed by atoms with Gasteiger partial charge >= 0.3 is 0 Å². The molecule has 1 aliphatic rings. The van der Waals surface area contributed by atoms with E-state index in [2.05, 4.69) is 16.0 Å². The lowest BCUT2D eigenvalue weighted by molar-refractivity contribution is -0.116. The topological polar surface area (TPSA) is 88.7 Å². The van der Waals surface area contributed by atoms with Crippen molar-refractivity contribution in [2.45, 2.75) is 25.3 Å². The fourth-order valence-corrected chi connectivity index (χ4v) is 3.23. The van der Waals surface area contributed by atoms with Crippen molar-refractivity contribution < 1.29 is 19.1 Å². The van der Waals surface area contributed by atoms with Gasteiger partial charge in [-0.3, -0.25) is 9.59 Å². The van der Waals surface area contributed by atoms with Crippen LogP contribution in [0.3, 0.4) is 0 Å². The monoisotopic (exact) mass is 383 g/mol. The van der Waals surface area contributed by atoms with Gasteiger partial charge in [0.1, 0.15) is 11.5 Å². The van der Waals surface area contributed by atoms with Crippen LogP contribution in [0.2, 0.25) is 0 Å². The normalized spacial score (nSPS) is 15.7. The zero-order chi connectivity index (χ0) is 19.9. The van der Waals surface area contributed by atoms with E-state index in [0.29, 0.717) is 34.9 Å². The number of methoxy groups -OCH3 is 2. The van der Waals surface area contributed by atoms with E-state index in [1.54, 1.807) is 36.4 Å². The van der Waals surface area contributed by atoms with Crippen LogP contribution in [0.4, 0.5) is 11.4 Å². The molecule has 1 aliphatic heterocycles. The quantitative estimate of drug-likeness (QED) is 0.684. The summed E-state index contributed by atoms with van der Waals surface area (Å²) in [6.07, 6.45) is 2.49. The van der Waals surface area contributed by atoms with Crippen molar-refractivity contribution in [1.29, 1.82) is 0 Å². The van der Waals surface area contributed by atoms with Crippen LogP contribution in [0.25, 0.3) is 0 Å². The lowest BCUT2D eigenvalue weighted by Gasteiger charge is -2.17. The average molecular weight is 383 g/mol. The first-order valence-corrected chi connectivity index (χ1v) is 9.26. The molecule has 148 valence electrons. The molecule has 0 radical (unpaired) electrons. The Balaban J connectivity index is 1.77. The molecule has 2 aromatic rings. The zero-order valence-electron chi connectivity index (χ0n) is 16.1. The SMILES string of the molecule is COc1cc(NC(=O)c2ccccc2)c(OC)cc1NC(=O)CC1CCCN1.